The number of hydrogen-bond acceptors (Lipinski definition) is 4. The molecule has 1 aliphatic heterocycles. The maximum atomic E-state index is 13.3. The summed E-state index contributed by atoms with van der Waals surface area (Å²) in [5.41, 5.74) is 1.03. The largest absolute Gasteiger partial charge is 0.373 e. The Labute approximate surface area is 222 Å². The molecule has 3 amide bonds. The summed E-state index contributed by atoms with van der Waals surface area (Å²) in [5, 5.41) is 9.93. The summed E-state index contributed by atoms with van der Waals surface area (Å²) in [4.78, 5) is 26.9. The van der Waals surface area contributed by atoms with Gasteiger partial charge in [-0.15, -0.1) is 0 Å². The first kappa shape index (κ1) is 28.7. The van der Waals surface area contributed by atoms with Gasteiger partial charge < -0.3 is 25.6 Å². The second-order valence-corrected chi connectivity index (χ2v) is 10.9. The fraction of sp³-hybridized carbons (Fsp3) is 0.714. The van der Waals surface area contributed by atoms with E-state index in [4.69, 9.17) is 16.3 Å². The molecule has 1 saturated carbocycles. The lowest BCUT2D eigenvalue weighted by Crippen LogP contribution is -2.52. The van der Waals surface area contributed by atoms with Gasteiger partial charge >= 0.3 is 6.03 Å². The maximum Gasteiger partial charge on any atom is 0.317 e. The molecule has 3 N–H and O–H groups in total. The second-order valence-electron chi connectivity index (χ2n) is 10.4. The topological polar surface area (TPSA) is 82.7 Å². The van der Waals surface area contributed by atoms with Crippen molar-refractivity contribution in [2.45, 2.75) is 76.4 Å². The van der Waals surface area contributed by atoms with Gasteiger partial charge in [0.1, 0.15) is 0 Å². The van der Waals surface area contributed by atoms with Crippen molar-refractivity contribution in [2.75, 3.05) is 40.3 Å². The predicted octanol–water partition coefficient (Wildman–Crippen LogP) is 4.90. The number of benzene rings is 1. The first-order chi connectivity index (χ1) is 17.5. The van der Waals surface area contributed by atoms with Crippen LogP contribution in [0.1, 0.15) is 75.9 Å². The molecule has 3 atom stereocenters. The van der Waals surface area contributed by atoms with Crippen molar-refractivity contribution in [3.63, 3.8) is 0 Å². The van der Waals surface area contributed by atoms with Gasteiger partial charge in [0.25, 0.3) is 0 Å². The van der Waals surface area contributed by atoms with Gasteiger partial charge in [0.2, 0.25) is 5.91 Å². The number of likely N-dealkylation sites (tertiary alicyclic amines) is 1. The fourth-order valence-electron chi connectivity index (χ4n) is 5.73. The van der Waals surface area contributed by atoms with Crippen molar-refractivity contribution in [3.05, 3.63) is 34.9 Å². The highest BCUT2D eigenvalue weighted by Gasteiger charge is 2.32. The number of urea groups is 1. The van der Waals surface area contributed by atoms with Crippen molar-refractivity contribution < 1.29 is 14.3 Å². The normalized spacial score (nSPS) is 20.5. The molecule has 202 valence electrons. The molecule has 0 unspecified atom stereocenters. The standard InChI is InChI=1S/C28H45ClN4O3/c1-30-19-25(17-21-9-4-3-5-10-21)32-28(35)33-15-7-12-23(20-33)27(22-11-6-13-24(29)18-22)36-16-8-14-26(34)31-2/h6,11,13,18,21,23,25,27,30H,3-5,7-10,12,14-17,19-20H2,1-2H3,(H,31,34)(H,32,35)/t23-,25+,27+/m1/s1. The zero-order valence-corrected chi connectivity index (χ0v) is 22.8. The monoisotopic (exact) mass is 520 g/mol. The van der Waals surface area contributed by atoms with Crippen molar-refractivity contribution in [2.24, 2.45) is 11.8 Å². The lowest BCUT2D eigenvalue weighted by atomic mass is 9.85. The van der Waals surface area contributed by atoms with E-state index in [9.17, 15) is 9.59 Å². The maximum absolute atomic E-state index is 13.3. The van der Waals surface area contributed by atoms with Gasteiger partial charge in [-0.25, -0.2) is 4.79 Å². The molecular weight excluding hydrogens is 476 g/mol. The predicted molar refractivity (Wildman–Crippen MR) is 145 cm³/mol. The minimum Gasteiger partial charge on any atom is -0.373 e. The molecule has 0 spiro atoms. The van der Waals surface area contributed by atoms with Crippen LogP contribution in [0, 0.1) is 11.8 Å². The summed E-state index contributed by atoms with van der Waals surface area (Å²) >= 11 is 6.31. The fourth-order valence-corrected chi connectivity index (χ4v) is 5.93. The molecule has 1 aliphatic carbocycles. The Bertz CT molecular complexity index is 818. The zero-order valence-electron chi connectivity index (χ0n) is 22.1. The van der Waals surface area contributed by atoms with Gasteiger partial charge in [0.05, 0.1) is 6.10 Å². The molecule has 36 heavy (non-hydrogen) atoms. The average Bonchev–Trinajstić information content (AvgIpc) is 2.89. The first-order valence-corrected chi connectivity index (χ1v) is 14.2. The summed E-state index contributed by atoms with van der Waals surface area (Å²) in [6.07, 6.45) is 10.4. The highest BCUT2D eigenvalue weighted by atomic mass is 35.5. The number of nitrogens with zero attached hydrogens (tertiary/aromatic N) is 1. The number of piperidine rings is 1. The Hall–Kier alpha value is -1.83. The summed E-state index contributed by atoms with van der Waals surface area (Å²) in [7, 11) is 3.60. The van der Waals surface area contributed by atoms with E-state index < -0.39 is 0 Å². The minimum absolute atomic E-state index is 0.0165. The Morgan fingerprint density at radius 3 is 2.67 bits per heavy atom. The SMILES string of the molecule is CNC[C@H](CC1CCCCC1)NC(=O)N1CCC[C@@H]([C@@H](OCCCC(=O)NC)c2cccc(Cl)c2)C1. The number of nitrogens with one attached hydrogen (secondary N) is 3. The van der Waals surface area contributed by atoms with E-state index in [2.05, 4.69) is 16.0 Å². The molecule has 8 heteroatoms. The van der Waals surface area contributed by atoms with Crippen molar-refractivity contribution in [1.82, 2.24) is 20.9 Å². The van der Waals surface area contributed by atoms with E-state index in [-0.39, 0.29) is 30.0 Å². The van der Waals surface area contributed by atoms with Crippen LogP contribution in [0.5, 0.6) is 0 Å². The van der Waals surface area contributed by atoms with Gasteiger partial charge in [-0.3, -0.25) is 4.79 Å². The molecule has 1 saturated heterocycles. The molecule has 0 radical (unpaired) electrons. The van der Waals surface area contributed by atoms with Gasteiger partial charge in [-0.05, 0) is 56.3 Å². The number of amides is 3. The average molecular weight is 521 g/mol. The van der Waals surface area contributed by atoms with Gasteiger partial charge in [-0.1, -0.05) is 55.8 Å². The molecule has 0 bridgehead atoms. The quantitative estimate of drug-likeness (QED) is 0.342. The van der Waals surface area contributed by atoms with Gasteiger partial charge in [-0.2, -0.15) is 0 Å². The zero-order chi connectivity index (χ0) is 25.8. The summed E-state index contributed by atoms with van der Waals surface area (Å²) in [5.74, 6) is 0.897. The van der Waals surface area contributed by atoms with E-state index in [0.29, 0.717) is 36.9 Å². The summed E-state index contributed by atoms with van der Waals surface area (Å²) in [6, 6.07) is 7.98. The molecule has 1 aromatic carbocycles. The van der Waals surface area contributed by atoms with E-state index in [0.717, 1.165) is 37.9 Å². The van der Waals surface area contributed by atoms with Crippen molar-refractivity contribution >= 4 is 23.5 Å². The molecule has 3 rings (SSSR count). The van der Waals surface area contributed by atoms with Crippen molar-refractivity contribution in [3.8, 4) is 0 Å². The van der Waals surface area contributed by atoms with E-state index in [1.165, 1.54) is 32.1 Å². The highest BCUT2D eigenvalue weighted by Crippen LogP contribution is 2.34. The Morgan fingerprint density at radius 1 is 1.14 bits per heavy atom. The number of carbonyl (C=O) groups excluding carboxylic acids is 2. The van der Waals surface area contributed by atoms with Crippen molar-refractivity contribution in [1.29, 1.82) is 0 Å². The first-order valence-electron chi connectivity index (χ1n) is 13.8. The smallest absolute Gasteiger partial charge is 0.317 e. The third-order valence-electron chi connectivity index (χ3n) is 7.60. The van der Waals surface area contributed by atoms with Gasteiger partial charge in [0, 0.05) is 56.7 Å². The molecule has 1 heterocycles. The molecule has 2 aliphatic rings. The summed E-state index contributed by atoms with van der Waals surface area (Å²) < 4.78 is 6.36. The Balaban J connectivity index is 1.62. The Kier molecular flexibility index (Phi) is 12.3. The summed E-state index contributed by atoms with van der Waals surface area (Å²) in [6.45, 7) is 2.68. The number of rotatable bonds is 12. The van der Waals surface area contributed by atoms with Crippen LogP contribution in [0.2, 0.25) is 5.02 Å². The number of carbonyl (C=O) groups is 2. The second kappa shape index (κ2) is 15.4. The van der Waals surface area contributed by atoms with Crippen LogP contribution in [0.15, 0.2) is 24.3 Å². The molecule has 1 aromatic rings. The number of likely N-dealkylation sites (N-methyl/N-ethyl adjacent to an activating group) is 1. The number of halogens is 1. The minimum atomic E-state index is -0.167. The van der Waals surface area contributed by atoms with Crippen LogP contribution >= 0.6 is 11.6 Å². The number of hydrogen-bond donors (Lipinski definition) is 3. The lowest BCUT2D eigenvalue weighted by molar-refractivity contribution is -0.121. The highest BCUT2D eigenvalue weighted by molar-refractivity contribution is 6.30. The van der Waals surface area contributed by atoms with E-state index in [1.54, 1.807) is 7.05 Å². The third kappa shape index (κ3) is 9.24. The van der Waals surface area contributed by atoms with E-state index in [1.807, 2.05) is 36.2 Å². The lowest BCUT2D eigenvalue weighted by Gasteiger charge is -2.38. The van der Waals surface area contributed by atoms with Crippen LogP contribution in [0.4, 0.5) is 4.79 Å². The van der Waals surface area contributed by atoms with Crippen LogP contribution in [0.25, 0.3) is 0 Å². The Morgan fingerprint density at radius 2 is 1.94 bits per heavy atom. The molecule has 2 fully saturated rings. The van der Waals surface area contributed by atoms with Crippen LogP contribution in [-0.4, -0.2) is 63.2 Å². The van der Waals surface area contributed by atoms with Crippen LogP contribution in [-0.2, 0) is 9.53 Å². The van der Waals surface area contributed by atoms with Crippen LogP contribution in [0.3, 0.4) is 0 Å². The molecule has 7 nitrogen and oxygen atoms in total. The number of ether oxygens (including phenoxy) is 1. The molecule has 0 aromatic heterocycles. The van der Waals surface area contributed by atoms with E-state index >= 15 is 0 Å². The third-order valence-corrected chi connectivity index (χ3v) is 7.83. The molecular formula is C28H45ClN4O3. The van der Waals surface area contributed by atoms with Gasteiger partial charge in [0.15, 0.2) is 0 Å². The van der Waals surface area contributed by atoms with Crippen LogP contribution < -0.4 is 16.0 Å².